The molecule has 0 aliphatic heterocycles. The van der Waals surface area contributed by atoms with E-state index in [1.54, 1.807) is 6.20 Å². The molecule has 2 heteroatoms. The van der Waals surface area contributed by atoms with Gasteiger partial charge < -0.3 is 0 Å². The minimum atomic E-state index is 0.216. The first-order valence-electron chi connectivity index (χ1n) is 5.86. The molecule has 2 nitrogen and oxygen atoms in total. The van der Waals surface area contributed by atoms with Crippen LogP contribution in [0, 0.1) is 0 Å². The number of hydrogen-bond donors (Lipinski definition) is 0. The van der Waals surface area contributed by atoms with Crippen molar-refractivity contribution in [2.75, 3.05) is 0 Å². The summed E-state index contributed by atoms with van der Waals surface area (Å²) in [4.78, 5) is 16.4. The number of ketones is 1. The van der Waals surface area contributed by atoms with E-state index in [2.05, 4.69) is 17.1 Å². The predicted octanol–water partition coefficient (Wildman–Crippen LogP) is 2.99. The molecule has 0 radical (unpaired) electrons. The number of carbonyl (C=O) groups is 1. The summed E-state index contributed by atoms with van der Waals surface area (Å²) in [5, 5.41) is 0. The highest BCUT2D eigenvalue weighted by atomic mass is 16.1. The van der Waals surface area contributed by atoms with E-state index in [1.165, 1.54) is 5.56 Å². The van der Waals surface area contributed by atoms with Crippen LogP contribution < -0.4 is 0 Å². The van der Waals surface area contributed by atoms with Gasteiger partial charge in [0, 0.05) is 18.2 Å². The average Bonchev–Trinajstić information content (AvgIpc) is 2.40. The molecule has 1 unspecified atom stereocenters. The molecule has 17 heavy (non-hydrogen) atoms. The normalized spacial score (nSPS) is 18.8. The summed E-state index contributed by atoms with van der Waals surface area (Å²) < 4.78 is 0. The number of fused-ring (bicyclic) bond motifs is 1. The Balaban J connectivity index is 1.97. The number of rotatable bonds is 1. The molecule has 0 saturated carbocycles. The molecule has 0 fully saturated rings. The van der Waals surface area contributed by atoms with Gasteiger partial charge in [0.1, 0.15) is 0 Å². The van der Waals surface area contributed by atoms with Crippen molar-refractivity contribution in [2.24, 2.45) is 0 Å². The molecule has 1 atom stereocenters. The number of aromatic nitrogens is 1. The Labute approximate surface area is 100 Å². The van der Waals surface area contributed by atoms with Gasteiger partial charge in [-0.2, -0.15) is 0 Å². The van der Waals surface area contributed by atoms with Gasteiger partial charge in [-0.05, 0) is 30.0 Å². The van der Waals surface area contributed by atoms with E-state index in [4.69, 9.17) is 0 Å². The third kappa shape index (κ3) is 1.86. The zero-order valence-electron chi connectivity index (χ0n) is 9.47. The van der Waals surface area contributed by atoms with Crippen molar-refractivity contribution < 1.29 is 4.79 Å². The summed E-state index contributed by atoms with van der Waals surface area (Å²) in [5.41, 5.74) is 2.98. The zero-order valence-corrected chi connectivity index (χ0v) is 9.47. The minimum absolute atomic E-state index is 0.216. The van der Waals surface area contributed by atoms with Crippen LogP contribution in [0.1, 0.15) is 34.0 Å². The van der Waals surface area contributed by atoms with Gasteiger partial charge in [-0.3, -0.25) is 9.78 Å². The number of nitrogens with zero attached hydrogens (tertiary/aromatic N) is 1. The second-order valence-corrected chi connectivity index (χ2v) is 4.44. The molecule has 2 aromatic rings. The Hall–Kier alpha value is -1.96. The standard InChI is InChI=1S/C15H13NO/c17-15-10-12(11-5-2-1-3-6-11)9-14-13(15)7-4-8-16-14/h1-8,12H,9-10H2. The summed E-state index contributed by atoms with van der Waals surface area (Å²) >= 11 is 0. The van der Waals surface area contributed by atoms with E-state index in [0.29, 0.717) is 6.42 Å². The summed E-state index contributed by atoms with van der Waals surface area (Å²) in [5.74, 6) is 0.499. The number of carbonyl (C=O) groups excluding carboxylic acids is 1. The second-order valence-electron chi connectivity index (χ2n) is 4.44. The fraction of sp³-hybridized carbons (Fsp3) is 0.200. The fourth-order valence-electron chi connectivity index (χ4n) is 2.45. The van der Waals surface area contributed by atoms with E-state index in [-0.39, 0.29) is 11.7 Å². The van der Waals surface area contributed by atoms with Crippen molar-refractivity contribution in [1.29, 1.82) is 0 Å². The first kappa shape index (κ1) is 10.2. The third-order valence-electron chi connectivity index (χ3n) is 3.33. The molecule has 1 aromatic carbocycles. The SMILES string of the molecule is O=C1CC(c2ccccc2)Cc2ncccc21. The van der Waals surface area contributed by atoms with E-state index in [1.807, 2.05) is 30.3 Å². The predicted molar refractivity (Wildman–Crippen MR) is 66.1 cm³/mol. The van der Waals surface area contributed by atoms with Crippen LogP contribution in [0.5, 0.6) is 0 Å². The van der Waals surface area contributed by atoms with Gasteiger partial charge in [-0.25, -0.2) is 0 Å². The van der Waals surface area contributed by atoms with Crippen LogP contribution in [0.4, 0.5) is 0 Å². The molecule has 0 bridgehead atoms. The molecule has 3 rings (SSSR count). The molecule has 0 N–H and O–H groups in total. The summed E-state index contributed by atoms with van der Waals surface area (Å²) in [6.07, 6.45) is 3.23. The average molecular weight is 223 g/mol. The lowest BCUT2D eigenvalue weighted by Gasteiger charge is -2.22. The molecule has 1 aromatic heterocycles. The van der Waals surface area contributed by atoms with Crippen LogP contribution in [-0.2, 0) is 6.42 Å². The van der Waals surface area contributed by atoms with Crippen molar-refractivity contribution in [1.82, 2.24) is 4.98 Å². The fourth-order valence-corrected chi connectivity index (χ4v) is 2.45. The first-order valence-corrected chi connectivity index (χ1v) is 5.86. The molecule has 1 heterocycles. The number of benzene rings is 1. The molecular formula is C15H13NO. The van der Waals surface area contributed by atoms with Crippen LogP contribution in [0.2, 0.25) is 0 Å². The lowest BCUT2D eigenvalue weighted by molar-refractivity contribution is 0.0963. The van der Waals surface area contributed by atoms with Gasteiger partial charge in [-0.1, -0.05) is 30.3 Å². The van der Waals surface area contributed by atoms with Gasteiger partial charge in [0.2, 0.25) is 0 Å². The Bertz CT molecular complexity index is 548. The smallest absolute Gasteiger partial charge is 0.165 e. The zero-order chi connectivity index (χ0) is 11.7. The highest BCUT2D eigenvalue weighted by Crippen LogP contribution is 2.31. The molecule has 0 saturated heterocycles. The Morgan fingerprint density at radius 1 is 1.00 bits per heavy atom. The Kier molecular flexibility index (Phi) is 2.48. The van der Waals surface area contributed by atoms with Gasteiger partial charge >= 0.3 is 0 Å². The largest absolute Gasteiger partial charge is 0.294 e. The maximum Gasteiger partial charge on any atom is 0.165 e. The van der Waals surface area contributed by atoms with Crippen molar-refractivity contribution >= 4 is 5.78 Å². The number of pyridine rings is 1. The van der Waals surface area contributed by atoms with Gasteiger partial charge in [-0.15, -0.1) is 0 Å². The number of hydrogen-bond acceptors (Lipinski definition) is 2. The van der Waals surface area contributed by atoms with Crippen LogP contribution in [0.3, 0.4) is 0 Å². The maximum absolute atomic E-state index is 12.0. The van der Waals surface area contributed by atoms with Crippen LogP contribution in [0.25, 0.3) is 0 Å². The van der Waals surface area contributed by atoms with E-state index >= 15 is 0 Å². The first-order chi connectivity index (χ1) is 8.34. The summed E-state index contributed by atoms with van der Waals surface area (Å²) in [6, 6.07) is 13.9. The van der Waals surface area contributed by atoms with Crippen LogP contribution in [0.15, 0.2) is 48.7 Å². The lowest BCUT2D eigenvalue weighted by atomic mass is 9.82. The molecule has 0 spiro atoms. The quantitative estimate of drug-likeness (QED) is 0.744. The van der Waals surface area contributed by atoms with Gasteiger partial charge in [0.15, 0.2) is 5.78 Å². The molecule has 1 aliphatic carbocycles. The lowest BCUT2D eigenvalue weighted by Crippen LogP contribution is -2.19. The molecule has 0 amide bonds. The maximum atomic E-state index is 12.0. The van der Waals surface area contributed by atoms with Gasteiger partial charge in [0.05, 0.1) is 5.69 Å². The van der Waals surface area contributed by atoms with E-state index in [0.717, 1.165) is 17.7 Å². The monoisotopic (exact) mass is 223 g/mol. The van der Waals surface area contributed by atoms with Crippen molar-refractivity contribution in [3.8, 4) is 0 Å². The van der Waals surface area contributed by atoms with Crippen LogP contribution in [-0.4, -0.2) is 10.8 Å². The van der Waals surface area contributed by atoms with E-state index in [9.17, 15) is 4.79 Å². The topological polar surface area (TPSA) is 30.0 Å². The van der Waals surface area contributed by atoms with Crippen LogP contribution >= 0.6 is 0 Å². The Morgan fingerprint density at radius 2 is 1.82 bits per heavy atom. The molecule has 84 valence electrons. The van der Waals surface area contributed by atoms with E-state index < -0.39 is 0 Å². The van der Waals surface area contributed by atoms with Crippen molar-refractivity contribution in [3.05, 3.63) is 65.5 Å². The third-order valence-corrected chi connectivity index (χ3v) is 3.33. The summed E-state index contributed by atoms with van der Waals surface area (Å²) in [7, 11) is 0. The molecular weight excluding hydrogens is 210 g/mol. The highest BCUT2D eigenvalue weighted by molar-refractivity contribution is 5.98. The van der Waals surface area contributed by atoms with Gasteiger partial charge in [0.25, 0.3) is 0 Å². The summed E-state index contributed by atoms with van der Waals surface area (Å²) in [6.45, 7) is 0. The van der Waals surface area contributed by atoms with Crippen molar-refractivity contribution in [2.45, 2.75) is 18.8 Å². The molecule has 1 aliphatic rings. The second kappa shape index (κ2) is 4.13. The number of Topliss-reactive ketones (excluding diaryl/α,β-unsaturated/α-hetero) is 1. The van der Waals surface area contributed by atoms with Crippen molar-refractivity contribution in [3.63, 3.8) is 0 Å². The minimum Gasteiger partial charge on any atom is -0.294 e. The highest BCUT2D eigenvalue weighted by Gasteiger charge is 2.26. The Morgan fingerprint density at radius 3 is 2.65 bits per heavy atom.